The molecule has 0 radical (unpaired) electrons. The molecule has 1 saturated carbocycles. The van der Waals surface area contributed by atoms with Crippen molar-refractivity contribution in [3.05, 3.63) is 48.0 Å². The standard InChI is InChI=1S/C19H25NO/c21-18(14-16-8-4-5-9-16)20-15-19(12-6-7-13-19)17-10-2-1-3-11-17/h1-4,8,10-11,16H,5-7,9,12-15H2,(H,20,21). The Balaban J connectivity index is 1.61. The topological polar surface area (TPSA) is 29.1 Å². The second-order valence-electron chi connectivity index (χ2n) is 6.60. The largest absolute Gasteiger partial charge is 0.355 e. The predicted octanol–water partition coefficient (Wildman–Crippen LogP) is 3.97. The van der Waals surface area contributed by atoms with Crippen molar-refractivity contribution >= 4 is 5.91 Å². The summed E-state index contributed by atoms with van der Waals surface area (Å²) in [6, 6.07) is 10.7. The Morgan fingerprint density at radius 3 is 2.62 bits per heavy atom. The molecule has 1 aromatic carbocycles. The van der Waals surface area contributed by atoms with Crippen LogP contribution in [-0.2, 0) is 10.2 Å². The van der Waals surface area contributed by atoms with E-state index in [1.54, 1.807) is 0 Å². The van der Waals surface area contributed by atoms with Gasteiger partial charge in [-0.15, -0.1) is 0 Å². The Hall–Kier alpha value is -1.57. The lowest BCUT2D eigenvalue weighted by molar-refractivity contribution is -0.122. The van der Waals surface area contributed by atoms with Crippen LogP contribution in [0.15, 0.2) is 42.5 Å². The van der Waals surface area contributed by atoms with Gasteiger partial charge in [0.05, 0.1) is 0 Å². The molecule has 0 spiro atoms. The van der Waals surface area contributed by atoms with Gasteiger partial charge in [-0.25, -0.2) is 0 Å². The van der Waals surface area contributed by atoms with Gasteiger partial charge in [-0.3, -0.25) is 4.79 Å². The smallest absolute Gasteiger partial charge is 0.220 e. The molecule has 1 atom stereocenters. The van der Waals surface area contributed by atoms with Gasteiger partial charge in [-0.2, -0.15) is 0 Å². The molecule has 2 aliphatic carbocycles. The quantitative estimate of drug-likeness (QED) is 0.814. The van der Waals surface area contributed by atoms with Crippen LogP contribution in [0.2, 0.25) is 0 Å². The Morgan fingerprint density at radius 2 is 1.95 bits per heavy atom. The van der Waals surface area contributed by atoms with Crippen molar-refractivity contribution in [2.45, 2.75) is 50.4 Å². The fourth-order valence-corrected chi connectivity index (χ4v) is 3.85. The van der Waals surface area contributed by atoms with Crippen LogP contribution in [-0.4, -0.2) is 12.5 Å². The first-order valence-corrected chi connectivity index (χ1v) is 8.27. The molecule has 2 aliphatic rings. The van der Waals surface area contributed by atoms with Crippen LogP contribution in [0.4, 0.5) is 0 Å². The molecular weight excluding hydrogens is 258 g/mol. The van der Waals surface area contributed by atoms with Crippen molar-refractivity contribution in [2.24, 2.45) is 5.92 Å². The van der Waals surface area contributed by atoms with E-state index in [1.165, 1.54) is 31.2 Å². The number of rotatable bonds is 5. The lowest BCUT2D eigenvalue weighted by Crippen LogP contribution is -2.39. The minimum absolute atomic E-state index is 0.169. The second kappa shape index (κ2) is 6.46. The summed E-state index contributed by atoms with van der Waals surface area (Å²) in [6.45, 7) is 0.798. The van der Waals surface area contributed by atoms with E-state index in [9.17, 15) is 4.79 Å². The molecule has 0 aliphatic heterocycles. The number of hydrogen-bond donors (Lipinski definition) is 1. The van der Waals surface area contributed by atoms with Crippen LogP contribution in [0.25, 0.3) is 0 Å². The average Bonchev–Trinajstić information content (AvgIpc) is 3.18. The number of amides is 1. The second-order valence-corrected chi connectivity index (χ2v) is 6.60. The van der Waals surface area contributed by atoms with Crippen LogP contribution < -0.4 is 5.32 Å². The van der Waals surface area contributed by atoms with Gasteiger partial charge < -0.3 is 5.32 Å². The summed E-state index contributed by atoms with van der Waals surface area (Å²) in [4.78, 5) is 12.2. The van der Waals surface area contributed by atoms with E-state index < -0.39 is 0 Å². The summed E-state index contributed by atoms with van der Waals surface area (Å²) in [5.74, 6) is 0.676. The van der Waals surface area contributed by atoms with Crippen LogP contribution in [0.1, 0.15) is 50.5 Å². The molecule has 112 valence electrons. The van der Waals surface area contributed by atoms with Gasteiger partial charge in [0.15, 0.2) is 0 Å². The van der Waals surface area contributed by atoms with Gasteiger partial charge in [0.25, 0.3) is 0 Å². The van der Waals surface area contributed by atoms with E-state index in [-0.39, 0.29) is 11.3 Å². The van der Waals surface area contributed by atoms with Gasteiger partial charge in [0.1, 0.15) is 0 Å². The summed E-state index contributed by atoms with van der Waals surface area (Å²) >= 11 is 0. The Morgan fingerprint density at radius 1 is 1.19 bits per heavy atom. The Labute approximate surface area is 127 Å². The fourth-order valence-electron chi connectivity index (χ4n) is 3.85. The summed E-state index contributed by atoms with van der Waals surface area (Å²) in [5, 5.41) is 3.22. The molecule has 1 N–H and O–H groups in total. The highest BCUT2D eigenvalue weighted by Gasteiger charge is 2.35. The van der Waals surface area contributed by atoms with E-state index in [0.717, 1.165) is 19.4 Å². The third-order valence-electron chi connectivity index (χ3n) is 5.13. The highest BCUT2D eigenvalue weighted by molar-refractivity contribution is 5.76. The molecule has 2 heteroatoms. The molecule has 2 nitrogen and oxygen atoms in total. The van der Waals surface area contributed by atoms with E-state index in [2.05, 4.69) is 47.8 Å². The third-order valence-corrected chi connectivity index (χ3v) is 5.13. The van der Waals surface area contributed by atoms with Gasteiger partial charge in [0, 0.05) is 18.4 Å². The highest BCUT2D eigenvalue weighted by Crippen LogP contribution is 2.40. The minimum atomic E-state index is 0.169. The molecule has 0 heterocycles. The number of carbonyl (C=O) groups excluding carboxylic acids is 1. The minimum Gasteiger partial charge on any atom is -0.355 e. The molecule has 21 heavy (non-hydrogen) atoms. The number of allylic oxidation sites excluding steroid dienone is 2. The zero-order valence-corrected chi connectivity index (χ0v) is 12.7. The molecule has 0 aromatic heterocycles. The van der Waals surface area contributed by atoms with Crippen LogP contribution in [0, 0.1) is 5.92 Å². The maximum atomic E-state index is 12.2. The first kappa shape index (κ1) is 14.4. The Kier molecular flexibility index (Phi) is 4.42. The number of carbonyl (C=O) groups is 1. The van der Waals surface area contributed by atoms with Crippen molar-refractivity contribution in [3.8, 4) is 0 Å². The third kappa shape index (κ3) is 3.37. The van der Waals surface area contributed by atoms with Gasteiger partial charge >= 0.3 is 0 Å². The molecule has 0 bridgehead atoms. The number of benzene rings is 1. The van der Waals surface area contributed by atoms with Crippen molar-refractivity contribution in [1.29, 1.82) is 0 Å². The Bertz CT molecular complexity index is 500. The number of hydrogen-bond acceptors (Lipinski definition) is 1. The maximum Gasteiger partial charge on any atom is 0.220 e. The first-order valence-electron chi connectivity index (χ1n) is 8.27. The molecule has 0 saturated heterocycles. The molecule has 1 fully saturated rings. The fraction of sp³-hybridized carbons (Fsp3) is 0.526. The van der Waals surface area contributed by atoms with Crippen LogP contribution in [0.5, 0.6) is 0 Å². The van der Waals surface area contributed by atoms with E-state index in [1.807, 2.05) is 0 Å². The molecule has 1 unspecified atom stereocenters. The summed E-state index contributed by atoms with van der Waals surface area (Å²) in [7, 11) is 0. The highest BCUT2D eigenvalue weighted by atomic mass is 16.1. The van der Waals surface area contributed by atoms with Crippen molar-refractivity contribution in [3.63, 3.8) is 0 Å². The summed E-state index contributed by atoms with van der Waals surface area (Å²) in [6.07, 6.45) is 12.3. The SMILES string of the molecule is O=C(CC1C=CCC1)NCC1(c2ccccc2)CCCC1. The first-order chi connectivity index (χ1) is 10.3. The lowest BCUT2D eigenvalue weighted by atomic mass is 9.79. The van der Waals surface area contributed by atoms with Crippen LogP contribution >= 0.6 is 0 Å². The predicted molar refractivity (Wildman–Crippen MR) is 86.1 cm³/mol. The van der Waals surface area contributed by atoms with Crippen molar-refractivity contribution < 1.29 is 4.79 Å². The van der Waals surface area contributed by atoms with Gasteiger partial charge in [-0.1, -0.05) is 55.3 Å². The van der Waals surface area contributed by atoms with E-state index in [4.69, 9.17) is 0 Å². The zero-order valence-electron chi connectivity index (χ0n) is 12.7. The van der Waals surface area contributed by atoms with E-state index in [0.29, 0.717) is 12.3 Å². The molecular formula is C19H25NO. The summed E-state index contributed by atoms with van der Waals surface area (Å²) < 4.78 is 0. The van der Waals surface area contributed by atoms with Crippen LogP contribution in [0.3, 0.4) is 0 Å². The lowest BCUT2D eigenvalue weighted by Gasteiger charge is -2.30. The number of nitrogens with one attached hydrogen (secondary N) is 1. The van der Waals surface area contributed by atoms with Gasteiger partial charge in [-0.05, 0) is 37.2 Å². The molecule has 1 amide bonds. The summed E-state index contributed by atoms with van der Waals surface area (Å²) in [5.41, 5.74) is 1.56. The average molecular weight is 283 g/mol. The molecule has 3 rings (SSSR count). The zero-order chi connectivity index (χ0) is 14.5. The van der Waals surface area contributed by atoms with E-state index >= 15 is 0 Å². The van der Waals surface area contributed by atoms with Crippen molar-refractivity contribution in [2.75, 3.05) is 6.54 Å². The molecule has 1 aromatic rings. The van der Waals surface area contributed by atoms with Gasteiger partial charge in [0.2, 0.25) is 5.91 Å². The normalized spacial score (nSPS) is 23.3. The maximum absolute atomic E-state index is 12.2. The van der Waals surface area contributed by atoms with Crippen molar-refractivity contribution in [1.82, 2.24) is 5.32 Å². The monoisotopic (exact) mass is 283 g/mol.